The van der Waals surface area contributed by atoms with Crippen LogP contribution in [0.5, 0.6) is 0 Å². The molecule has 0 radical (unpaired) electrons. The average Bonchev–Trinajstić information content (AvgIpc) is 3.02. The van der Waals surface area contributed by atoms with E-state index in [-0.39, 0.29) is 0 Å². The predicted molar refractivity (Wildman–Crippen MR) is 109 cm³/mol. The third-order valence-corrected chi connectivity index (χ3v) is 5.43. The molecule has 0 saturated carbocycles. The van der Waals surface area contributed by atoms with Gasteiger partial charge in [-0.15, -0.1) is 0 Å². The molecule has 4 nitrogen and oxygen atoms in total. The molecule has 0 unspecified atom stereocenters. The molecule has 144 valence electrons. The number of nitrogens with two attached hydrogens (primary N) is 1. The Morgan fingerprint density at radius 2 is 1.70 bits per heavy atom. The Morgan fingerprint density at radius 3 is 2.33 bits per heavy atom. The van der Waals surface area contributed by atoms with Gasteiger partial charge in [0.15, 0.2) is 0 Å². The molecule has 2 aromatic rings. The minimum absolute atomic E-state index is 0.428. The highest BCUT2D eigenvalue weighted by molar-refractivity contribution is 5.65. The van der Waals surface area contributed by atoms with Crippen molar-refractivity contribution in [1.82, 2.24) is 4.90 Å². The Balaban J connectivity index is 1.69. The topological polar surface area (TPSA) is 55.6 Å². The van der Waals surface area contributed by atoms with E-state index in [1.54, 1.807) is 0 Å². The van der Waals surface area contributed by atoms with Crippen molar-refractivity contribution in [1.29, 1.82) is 0 Å². The molecule has 1 aliphatic rings. The lowest BCUT2D eigenvalue weighted by molar-refractivity contribution is 0.0258. The second-order valence-corrected chi connectivity index (χ2v) is 8.16. The second-order valence-electron chi connectivity index (χ2n) is 8.16. The number of nitrogens with zero attached hydrogens (tertiary/aromatic N) is 1. The monoisotopic (exact) mass is 366 g/mol. The zero-order valence-electron chi connectivity index (χ0n) is 16.3. The molecule has 27 heavy (non-hydrogen) atoms. The summed E-state index contributed by atoms with van der Waals surface area (Å²) in [6.07, 6.45) is 1.16. The van der Waals surface area contributed by atoms with Gasteiger partial charge in [-0.2, -0.15) is 0 Å². The van der Waals surface area contributed by atoms with E-state index >= 15 is 0 Å². The first kappa shape index (κ1) is 19.4. The van der Waals surface area contributed by atoms with Crippen LogP contribution in [0.3, 0.4) is 0 Å². The summed E-state index contributed by atoms with van der Waals surface area (Å²) >= 11 is 0. The number of primary amides is 1. The van der Waals surface area contributed by atoms with E-state index in [0.717, 1.165) is 32.5 Å². The molecular formula is C23H30N2O2. The van der Waals surface area contributed by atoms with Crippen molar-refractivity contribution < 1.29 is 9.53 Å². The van der Waals surface area contributed by atoms with Gasteiger partial charge in [-0.1, -0.05) is 60.7 Å². The number of amides is 1. The molecule has 1 aliphatic heterocycles. The molecule has 1 heterocycles. The van der Waals surface area contributed by atoms with E-state index in [0.29, 0.717) is 11.8 Å². The number of hydrogen-bond acceptors (Lipinski definition) is 3. The lowest BCUT2D eigenvalue weighted by atomic mass is 9.82. The number of carbonyl (C=O) groups is 1. The summed E-state index contributed by atoms with van der Waals surface area (Å²) in [6.45, 7) is 6.99. The summed E-state index contributed by atoms with van der Waals surface area (Å²) in [7, 11) is 0. The fourth-order valence-corrected chi connectivity index (χ4v) is 4.31. The Bertz CT molecular complexity index is 731. The van der Waals surface area contributed by atoms with Gasteiger partial charge in [-0.05, 0) is 43.7 Å². The maximum atomic E-state index is 11.3. The van der Waals surface area contributed by atoms with Crippen LogP contribution in [0.2, 0.25) is 0 Å². The lowest BCUT2D eigenvalue weighted by Crippen LogP contribution is -2.35. The zero-order chi connectivity index (χ0) is 19.3. The number of benzene rings is 2. The van der Waals surface area contributed by atoms with Gasteiger partial charge in [0.05, 0.1) is 0 Å². The first-order valence-corrected chi connectivity index (χ1v) is 9.72. The van der Waals surface area contributed by atoms with Crippen molar-refractivity contribution >= 4 is 6.09 Å². The van der Waals surface area contributed by atoms with Gasteiger partial charge >= 0.3 is 6.09 Å². The van der Waals surface area contributed by atoms with E-state index in [4.69, 9.17) is 10.5 Å². The van der Waals surface area contributed by atoms with E-state index in [2.05, 4.69) is 65.6 Å². The van der Waals surface area contributed by atoms with Crippen molar-refractivity contribution in [3.05, 3.63) is 71.8 Å². The molecule has 2 aromatic carbocycles. The van der Waals surface area contributed by atoms with Gasteiger partial charge in [0.25, 0.3) is 0 Å². The molecule has 0 bridgehead atoms. The molecule has 0 aliphatic carbocycles. The van der Waals surface area contributed by atoms with Crippen LogP contribution < -0.4 is 5.73 Å². The molecule has 2 atom stereocenters. The molecule has 4 heteroatoms. The van der Waals surface area contributed by atoms with E-state index < -0.39 is 11.7 Å². The Morgan fingerprint density at radius 1 is 1.07 bits per heavy atom. The van der Waals surface area contributed by atoms with Crippen LogP contribution >= 0.6 is 0 Å². The molecule has 1 fully saturated rings. The quantitative estimate of drug-likeness (QED) is 0.799. The van der Waals surface area contributed by atoms with Gasteiger partial charge in [0.1, 0.15) is 5.60 Å². The Labute approximate surface area is 162 Å². The fourth-order valence-electron chi connectivity index (χ4n) is 4.31. The van der Waals surface area contributed by atoms with Gasteiger partial charge in [0.2, 0.25) is 0 Å². The van der Waals surface area contributed by atoms with Crippen molar-refractivity contribution in [2.24, 2.45) is 11.7 Å². The first-order chi connectivity index (χ1) is 12.9. The Hall–Kier alpha value is -2.33. The number of rotatable bonds is 7. The highest BCUT2D eigenvalue weighted by atomic mass is 16.6. The normalized spacial score (nSPS) is 20.5. The standard InChI is InChI=1S/C23H30N2O2/c1-23(2,27-22(24)26)15-20-16-25(14-13-18-9-5-3-6-10-18)17-21(20)19-11-7-4-8-12-19/h3-12,20-21H,13-17H2,1-2H3,(H2,24,26)/t20-,21+/m1/s1. The molecule has 0 spiro atoms. The summed E-state index contributed by atoms with van der Waals surface area (Å²) in [6, 6.07) is 21.3. The van der Waals surface area contributed by atoms with Gasteiger partial charge in [-0.25, -0.2) is 4.79 Å². The molecule has 1 amide bonds. The van der Waals surface area contributed by atoms with Crippen molar-refractivity contribution in [3.8, 4) is 0 Å². The molecule has 2 N–H and O–H groups in total. The summed E-state index contributed by atoms with van der Waals surface area (Å²) in [5.74, 6) is 0.871. The first-order valence-electron chi connectivity index (χ1n) is 9.72. The fraction of sp³-hybridized carbons (Fsp3) is 0.435. The highest BCUT2D eigenvalue weighted by Crippen LogP contribution is 2.38. The largest absolute Gasteiger partial charge is 0.444 e. The number of ether oxygens (including phenoxy) is 1. The Kier molecular flexibility index (Phi) is 6.17. The zero-order valence-corrected chi connectivity index (χ0v) is 16.3. The summed E-state index contributed by atoms with van der Waals surface area (Å²) in [4.78, 5) is 13.8. The number of hydrogen-bond donors (Lipinski definition) is 1. The molecule has 1 saturated heterocycles. The minimum atomic E-state index is -0.699. The highest BCUT2D eigenvalue weighted by Gasteiger charge is 2.38. The van der Waals surface area contributed by atoms with E-state index in [9.17, 15) is 4.79 Å². The van der Waals surface area contributed by atoms with Crippen LogP contribution in [0.1, 0.15) is 37.3 Å². The van der Waals surface area contributed by atoms with Crippen LogP contribution in [0.15, 0.2) is 60.7 Å². The maximum absolute atomic E-state index is 11.3. The van der Waals surface area contributed by atoms with Crippen LogP contribution in [0, 0.1) is 5.92 Å². The van der Waals surface area contributed by atoms with Crippen LogP contribution in [0.4, 0.5) is 4.79 Å². The van der Waals surface area contributed by atoms with Crippen LogP contribution in [-0.4, -0.2) is 36.2 Å². The summed E-state index contributed by atoms with van der Waals surface area (Å²) < 4.78 is 5.37. The van der Waals surface area contributed by atoms with Crippen molar-refractivity contribution in [2.45, 2.75) is 38.2 Å². The summed E-state index contributed by atoms with van der Waals surface area (Å²) in [5.41, 5.74) is 7.44. The van der Waals surface area contributed by atoms with E-state index in [1.807, 2.05) is 13.8 Å². The van der Waals surface area contributed by atoms with Gasteiger partial charge < -0.3 is 15.4 Å². The number of likely N-dealkylation sites (tertiary alicyclic amines) is 1. The average molecular weight is 367 g/mol. The lowest BCUT2D eigenvalue weighted by Gasteiger charge is -2.29. The van der Waals surface area contributed by atoms with Gasteiger partial charge in [0, 0.05) is 25.6 Å². The van der Waals surface area contributed by atoms with Crippen molar-refractivity contribution in [2.75, 3.05) is 19.6 Å². The third kappa shape index (κ3) is 5.57. The van der Waals surface area contributed by atoms with Crippen molar-refractivity contribution in [3.63, 3.8) is 0 Å². The molecule has 3 rings (SSSR count). The van der Waals surface area contributed by atoms with E-state index in [1.165, 1.54) is 11.1 Å². The summed E-state index contributed by atoms with van der Waals surface area (Å²) in [5, 5.41) is 0. The third-order valence-electron chi connectivity index (χ3n) is 5.43. The maximum Gasteiger partial charge on any atom is 0.405 e. The van der Waals surface area contributed by atoms with Crippen LogP contribution in [0.25, 0.3) is 0 Å². The number of carbonyl (C=O) groups excluding carboxylic acids is 1. The second kappa shape index (κ2) is 8.57. The smallest absolute Gasteiger partial charge is 0.405 e. The molecular weight excluding hydrogens is 336 g/mol. The SMILES string of the molecule is CC(C)(C[C@@H]1CN(CCc2ccccc2)C[C@H]1c1ccccc1)OC(N)=O. The van der Waals surface area contributed by atoms with Crippen LogP contribution in [-0.2, 0) is 11.2 Å². The van der Waals surface area contributed by atoms with Gasteiger partial charge in [-0.3, -0.25) is 0 Å². The predicted octanol–water partition coefficient (Wildman–Crippen LogP) is 4.21. The minimum Gasteiger partial charge on any atom is -0.444 e. The molecule has 0 aromatic heterocycles.